The molecular formula is C12H21N3. The third kappa shape index (κ3) is 2.81. The van der Waals surface area contributed by atoms with Crippen molar-refractivity contribution >= 4 is 0 Å². The highest BCUT2D eigenvalue weighted by Crippen LogP contribution is 2.32. The molecule has 3 nitrogen and oxygen atoms in total. The maximum absolute atomic E-state index is 4.41. The van der Waals surface area contributed by atoms with E-state index in [9.17, 15) is 0 Å². The molecule has 1 saturated carbocycles. The predicted molar refractivity (Wildman–Crippen MR) is 61.8 cm³/mol. The van der Waals surface area contributed by atoms with E-state index < -0.39 is 0 Å². The van der Waals surface area contributed by atoms with E-state index in [-0.39, 0.29) is 0 Å². The number of nitrogens with zero attached hydrogens (tertiary/aromatic N) is 1. The minimum Gasteiger partial charge on any atom is -0.345 e. The molecule has 0 radical (unpaired) electrons. The van der Waals surface area contributed by atoms with Gasteiger partial charge in [-0.15, -0.1) is 0 Å². The zero-order valence-electron chi connectivity index (χ0n) is 9.71. The number of imidazole rings is 1. The Labute approximate surface area is 91.7 Å². The molecule has 0 aliphatic heterocycles. The number of hydrogen-bond donors (Lipinski definition) is 2. The summed E-state index contributed by atoms with van der Waals surface area (Å²) >= 11 is 0. The predicted octanol–water partition coefficient (Wildman–Crippen LogP) is 2.57. The number of aromatic nitrogens is 2. The van der Waals surface area contributed by atoms with E-state index in [1.807, 2.05) is 6.20 Å². The number of H-pyrrole nitrogens is 1. The van der Waals surface area contributed by atoms with E-state index in [0.29, 0.717) is 6.04 Å². The molecule has 15 heavy (non-hydrogen) atoms. The van der Waals surface area contributed by atoms with Crippen LogP contribution in [0.15, 0.2) is 6.20 Å². The van der Waals surface area contributed by atoms with Crippen LogP contribution in [-0.2, 0) is 6.54 Å². The highest BCUT2D eigenvalue weighted by atomic mass is 15.0. The van der Waals surface area contributed by atoms with Gasteiger partial charge in [0.05, 0.1) is 6.54 Å². The molecule has 1 aromatic heterocycles. The van der Waals surface area contributed by atoms with Crippen molar-refractivity contribution in [2.75, 3.05) is 0 Å². The first kappa shape index (κ1) is 10.7. The second-order valence-electron chi connectivity index (χ2n) is 4.80. The van der Waals surface area contributed by atoms with Crippen LogP contribution < -0.4 is 5.32 Å². The SMILES string of the molecule is CC(C)NCc1ncc(C2CCCC2)[nH]1. The first-order valence-corrected chi connectivity index (χ1v) is 6.03. The zero-order chi connectivity index (χ0) is 10.7. The van der Waals surface area contributed by atoms with Crippen LogP contribution in [0.2, 0.25) is 0 Å². The molecule has 0 bridgehead atoms. The summed E-state index contributed by atoms with van der Waals surface area (Å²) in [6.07, 6.45) is 7.44. The average Bonchev–Trinajstić information content (AvgIpc) is 2.85. The van der Waals surface area contributed by atoms with Crippen LogP contribution in [-0.4, -0.2) is 16.0 Å². The van der Waals surface area contributed by atoms with Crippen molar-refractivity contribution in [1.29, 1.82) is 0 Å². The first-order chi connectivity index (χ1) is 7.25. The van der Waals surface area contributed by atoms with Crippen LogP contribution in [0.3, 0.4) is 0 Å². The molecule has 2 rings (SSSR count). The molecular weight excluding hydrogens is 186 g/mol. The molecule has 0 atom stereocenters. The largest absolute Gasteiger partial charge is 0.345 e. The minimum atomic E-state index is 0.519. The molecule has 0 spiro atoms. The number of hydrogen-bond acceptors (Lipinski definition) is 2. The monoisotopic (exact) mass is 207 g/mol. The summed E-state index contributed by atoms with van der Waals surface area (Å²) in [7, 11) is 0. The molecule has 1 aliphatic rings. The molecule has 0 amide bonds. The van der Waals surface area contributed by atoms with Gasteiger partial charge in [-0.05, 0) is 12.8 Å². The molecule has 0 aromatic carbocycles. The van der Waals surface area contributed by atoms with E-state index in [4.69, 9.17) is 0 Å². The van der Waals surface area contributed by atoms with Crippen LogP contribution >= 0.6 is 0 Å². The van der Waals surface area contributed by atoms with Gasteiger partial charge >= 0.3 is 0 Å². The van der Waals surface area contributed by atoms with Gasteiger partial charge in [0.15, 0.2) is 0 Å². The first-order valence-electron chi connectivity index (χ1n) is 6.03. The lowest BCUT2D eigenvalue weighted by atomic mass is 10.1. The fourth-order valence-electron chi connectivity index (χ4n) is 2.21. The highest BCUT2D eigenvalue weighted by molar-refractivity contribution is 5.09. The summed E-state index contributed by atoms with van der Waals surface area (Å²) in [6, 6.07) is 0.519. The van der Waals surface area contributed by atoms with Crippen LogP contribution in [0, 0.1) is 0 Å². The van der Waals surface area contributed by atoms with Gasteiger partial charge in [0.2, 0.25) is 0 Å². The molecule has 1 heterocycles. The van der Waals surface area contributed by atoms with E-state index in [0.717, 1.165) is 18.3 Å². The summed E-state index contributed by atoms with van der Waals surface area (Å²) in [5, 5.41) is 3.37. The van der Waals surface area contributed by atoms with Gasteiger partial charge in [0.1, 0.15) is 5.82 Å². The molecule has 0 unspecified atom stereocenters. The third-order valence-corrected chi connectivity index (χ3v) is 3.12. The van der Waals surface area contributed by atoms with Crippen molar-refractivity contribution in [3.8, 4) is 0 Å². The lowest BCUT2D eigenvalue weighted by Gasteiger charge is -2.06. The van der Waals surface area contributed by atoms with Crippen LogP contribution in [0.1, 0.15) is 57.0 Å². The molecule has 2 N–H and O–H groups in total. The van der Waals surface area contributed by atoms with Gasteiger partial charge < -0.3 is 10.3 Å². The Balaban J connectivity index is 1.91. The van der Waals surface area contributed by atoms with Crippen molar-refractivity contribution < 1.29 is 0 Å². The van der Waals surface area contributed by atoms with Crippen LogP contribution in [0.25, 0.3) is 0 Å². The average molecular weight is 207 g/mol. The fourth-order valence-corrected chi connectivity index (χ4v) is 2.21. The van der Waals surface area contributed by atoms with Crippen molar-refractivity contribution in [1.82, 2.24) is 15.3 Å². The van der Waals surface area contributed by atoms with E-state index in [1.54, 1.807) is 0 Å². The molecule has 1 aromatic rings. The fraction of sp³-hybridized carbons (Fsp3) is 0.750. The Bertz CT molecular complexity index is 298. The van der Waals surface area contributed by atoms with Crippen molar-refractivity contribution in [3.05, 3.63) is 17.7 Å². The summed E-state index contributed by atoms with van der Waals surface area (Å²) in [4.78, 5) is 7.85. The summed E-state index contributed by atoms with van der Waals surface area (Å²) in [6.45, 7) is 5.16. The van der Waals surface area contributed by atoms with Gasteiger partial charge in [-0.1, -0.05) is 26.7 Å². The lowest BCUT2D eigenvalue weighted by Crippen LogP contribution is -2.22. The Morgan fingerprint density at radius 1 is 1.47 bits per heavy atom. The van der Waals surface area contributed by atoms with E-state index in [2.05, 4.69) is 29.1 Å². The van der Waals surface area contributed by atoms with E-state index >= 15 is 0 Å². The Kier molecular flexibility index (Phi) is 3.41. The number of aromatic amines is 1. The summed E-state index contributed by atoms with van der Waals surface area (Å²) in [5.74, 6) is 1.82. The third-order valence-electron chi connectivity index (χ3n) is 3.12. The molecule has 1 fully saturated rings. The number of rotatable bonds is 4. The second-order valence-corrected chi connectivity index (χ2v) is 4.80. The standard InChI is InChI=1S/C12H21N3/c1-9(2)13-8-12-14-7-11(15-12)10-5-3-4-6-10/h7,9-10,13H,3-6,8H2,1-2H3,(H,14,15). The Hall–Kier alpha value is -0.830. The smallest absolute Gasteiger partial charge is 0.120 e. The van der Waals surface area contributed by atoms with Gasteiger partial charge in [0.25, 0.3) is 0 Å². The van der Waals surface area contributed by atoms with Gasteiger partial charge in [-0.2, -0.15) is 0 Å². The van der Waals surface area contributed by atoms with Gasteiger partial charge in [0, 0.05) is 23.9 Å². The topological polar surface area (TPSA) is 40.7 Å². The second kappa shape index (κ2) is 4.79. The maximum Gasteiger partial charge on any atom is 0.120 e. The Morgan fingerprint density at radius 3 is 2.87 bits per heavy atom. The quantitative estimate of drug-likeness (QED) is 0.796. The van der Waals surface area contributed by atoms with Crippen LogP contribution in [0.5, 0.6) is 0 Å². The Morgan fingerprint density at radius 2 is 2.20 bits per heavy atom. The molecule has 0 saturated heterocycles. The summed E-state index contributed by atoms with van der Waals surface area (Å²) < 4.78 is 0. The van der Waals surface area contributed by atoms with Crippen LogP contribution in [0.4, 0.5) is 0 Å². The normalized spacial score (nSPS) is 17.8. The lowest BCUT2D eigenvalue weighted by molar-refractivity contribution is 0.573. The molecule has 1 aliphatic carbocycles. The minimum absolute atomic E-state index is 0.519. The van der Waals surface area contributed by atoms with Crippen molar-refractivity contribution in [3.63, 3.8) is 0 Å². The molecule has 3 heteroatoms. The van der Waals surface area contributed by atoms with Crippen molar-refractivity contribution in [2.24, 2.45) is 0 Å². The zero-order valence-corrected chi connectivity index (χ0v) is 9.71. The van der Waals surface area contributed by atoms with Crippen molar-refractivity contribution in [2.45, 2.75) is 58.0 Å². The summed E-state index contributed by atoms with van der Waals surface area (Å²) in [5.41, 5.74) is 1.34. The maximum atomic E-state index is 4.41. The highest BCUT2D eigenvalue weighted by Gasteiger charge is 2.18. The van der Waals surface area contributed by atoms with Gasteiger partial charge in [-0.25, -0.2) is 4.98 Å². The van der Waals surface area contributed by atoms with Gasteiger partial charge in [-0.3, -0.25) is 0 Å². The molecule has 84 valence electrons. The number of nitrogens with one attached hydrogen (secondary N) is 2. The van der Waals surface area contributed by atoms with E-state index in [1.165, 1.54) is 31.4 Å².